The highest BCUT2D eigenvalue weighted by molar-refractivity contribution is 9.10. The number of nitriles is 1. The molecule has 0 aromatic heterocycles. The summed E-state index contributed by atoms with van der Waals surface area (Å²) in [7, 11) is 1.42. The standard InChI is InChI=1S/C25H23BrN2O5/c1-4-12-28-25(30)19(16-27)13-17-6-9-22(23(14-17)31-3)33-24(29)11-7-18-15-20(26)8-10-21(18)32-5-2/h4,6-11,13-15H,1,5,12H2,2-3H3,(H,28,30)/b11-7+,19-13-. The third-order valence-electron chi connectivity index (χ3n) is 4.15. The molecule has 2 rings (SSSR count). The largest absolute Gasteiger partial charge is 0.493 e. The first kappa shape index (κ1) is 25.4. The van der Waals surface area contributed by atoms with E-state index in [9.17, 15) is 14.9 Å². The van der Waals surface area contributed by atoms with Gasteiger partial charge in [0.15, 0.2) is 11.5 Å². The zero-order chi connectivity index (χ0) is 24.2. The van der Waals surface area contributed by atoms with Crippen molar-refractivity contribution in [1.82, 2.24) is 5.32 Å². The van der Waals surface area contributed by atoms with Crippen LogP contribution in [0.3, 0.4) is 0 Å². The number of hydrogen-bond acceptors (Lipinski definition) is 6. The van der Waals surface area contributed by atoms with E-state index in [0.29, 0.717) is 17.9 Å². The fraction of sp³-hybridized carbons (Fsp3) is 0.160. The van der Waals surface area contributed by atoms with Crippen LogP contribution in [0, 0.1) is 11.3 Å². The monoisotopic (exact) mass is 510 g/mol. The number of hydrogen-bond donors (Lipinski definition) is 1. The second-order valence-corrected chi connectivity index (χ2v) is 7.36. The molecule has 1 N–H and O–H groups in total. The Morgan fingerprint density at radius 1 is 1.18 bits per heavy atom. The van der Waals surface area contributed by atoms with Crippen molar-refractivity contribution < 1.29 is 23.8 Å². The predicted molar refractivity (Wildman–Crippen MR) is 130 cm³/mol. The summed E-state index contributed by atoms with van der Waals surface area (Å²) in [5, 5.41) is 11.8. The second-order valence-electron chi connectivity index (χ2n) is 6.45. The summed E-state index contributed by atoms with van der Waals surface area (Å²) >= 11 is 3.40. The van der Waals surface area contributed by atoms with Gasteiger partial charge in [-0.05, 0) is 55.0 Å². The maximum Gasteiger partial charge on any atom is 0.336 e. The molecule has 0 radical (unpaired) electrons. The zero-order valence-electron chi connectivity index (χ0n) is 18.3. The van der Waals surface area contributed by atoms with Gasteiger partial charge in [-0.15, -0.1) is 6.58 Å². The van der Waals surface area contributed by atoms with Gasteiger partial charge in [0.1, 0.15) is 17.4 Å². The number of benzene rings is 2. The summed E-state index contributed by atoms with van der Waals surface area (Å²) in [6.45, 7) is 6.13. The Labute approximate surface area is 201 Å². The summed E-state index contributed by atoms with van der Waals surface area (Å²) in [6, 6.07) is 12.0. The van der Waals surface area contributed by atoms with E-state index >= 15 is 0 Å². The van der Waals surface area contributed by atoms with Crippen molar-refractivity contribution in [1.29, 1.82) is 5.26 Å². The minimum absolute atomic E-state index is 0.0781. The first-order chi connectivity index (χ1) is 15.9. The molecular weight excluding hydrogens is 488 g/mol. The molecule has 2 aromatic carbocycles. The average Bonchev–Trinajstić information content (AvgIpc) is 2.81. The van der Waals surface area contributed by atoms with E-state index in [4.69, 9.17) is 14.2 Å². The van der Waals surface area contributed by atoms with E-state index in [2.05, 4.69) is 27.8 Å². The smallest absolute Gasteiger partial charge is 0.336 e. The molecule has 0 aliphatic carbocycles. The van der Waals surface area contributed by atoms with Crippen molar-refractivity contribution in [3.8, 4) is 23.3 Å². The number of esters is 1. The Bertz CT molecular complexity index is 1130. The number of methoxy groups -OCH3 is 1. The molecule has 0 aliphatic heterocycles. The number of amides is 1. The van der Waals surface area contributed by atoms with Gasteiger partial charge in [0.05, 0.1) is 13.7 Å². The van der Waals surface area contributed by atoms with E-state index in [-0.39, 0.29) is 23.6 Å². The number of carbonyl (C=O) groups is 2. The lowest BCUT2D eigenvalue weighted by Crippen LogP contribution is -2.24. The van der Waals surface area contributed by atoms with Crippen molar-refractivity contribution in [2.75, 3.05) is 20.3 Å². The van der Waals surface area contributed by atoms with Crippen molar-refractivity contribution in [2.24, 2.45) is 0 Å². The van der Waals surface area contributed by atoms with E-state index < -0.39 is 11.9 Å². The fourth-order valence-corrected chi connectivity index (χ4v) is 3.05. The minimum Gasteiger partial charge on any atom is -0.493 e. The van der Waals surface area contributed by atoms with E-state index in [0.717, 1.165) is 10.0 Å². The molecule has 0 aliphatic rings. The highest BCUT2D eigenvalue weighted by Crippen LogP contribution is 2.30. The third-order valence-corrected chi connectivity index (χ3v) is 4.65. The molecule has 0 spiro atoms. The van der Waals surface area contributed by atoms with Crippen LogP contribution in [0.15, 0.2) is 65.2 Å². The Hall–Kier alpha value is -3.83. The van der Waals surface area contributed by atoms with Gasteiger partial charge in [-0.25, -0.2) is 4.79 Å². The number of rotatable bonds is 10. The lowest BCUT2D eigenvalue weighted by Gasteiger charge is -2.09. The highest BCUT2D eigenvalue weighted by Gasteiger charge is 2.12. The van der Waals surface area contributed by atoms with Gasteiger partial charge in [0, 0.05) is 22.7 Å². The predicted octanol–water partition coefficient (Wildman–Crippen LogP) is 4.68. The van der Waals surface area contributed by atoms with Crippen LogP contribution in [0.2, 0.25) is 0 Å². The molecule has 0 bridgehead atoms. The van der Waals surface area contributed by atoms with Gasteiger partial charge in [-0.2, -0.15) is 5.26 Å². The number of ether oxygens (including phenoxy) is 3. The number of carbonyl (C=O) groups excluding carboxylic acids is 2. The van der Waals surface area contributed by atoms with Gasteiger partial charge in [-0.3, -0.25) is 4.79 Å². The minimum atomic E-state index is -0.611. The van der Waals surface area contributed by atoms with E-state index in [1.807, 2.05) is 25.1 Å². The van der Waals surface area contributed by atoms with Crippen LogP contribution in [0.4, 0.5) is 0 Å². The first-order valence-corrected chi connectivity index (χ1v) is 10.7. The summed E-state index contributed by atoms with van der Waals surface area (Å²) in [5.74, 6) is -0.0228. The normalized spacial score (nSPS) is 10.9. The van der Waals surface area contributed by atoms with Crippen LogP contribution >= 0.6 is 15.9 Å². The van der Waals surface area contributed by atoms with Crippen LogP contribution in [-0.4, -0.2) is 32.1 Å². The number of nitrogens with one attached hydrogen (secondary N) is 1. The topological polar surface area (TPSA) is 97.7 Å². The molecule has 0 heterocycles. The van der Waals surface area contributed by atoms with Gasteiger partial charge in [0.25, 0.3) is 5.91 Å². The lowest BCUT2D eigenvalue weighted by atomic mass is 10.1. The Balaban J connectivity index is 2.19. The van der Waals surface area contributed by atoms with Crippen molar-refractivity contribution in [3.63, 3.8) is 0 Å². The summed E-state index contributed by atoms with van der Waals surface area (Å²) in [4.78, 5) is 24.4. The summed E-state index contributed by atoms with van der Waals surface area (Å²) in [6.07, 6.45) is 5.81. The molecule has 0 saturated heterocycles. The van der Waals surface area contributed by atoms with E-state index in [1.54, 1.807) is 24.3 Å². The maximum atomic E-state index is 12.4. The number of nitrogens with zero attached hydrogens (tertiary/aromatic N) is 1. The molecule has 1 amide bonds. The summed E-state index contributed by atoms with van der Waals surface area (Å²) in [5.41, 5.74) is 1.17. The zero-order valence-corrected chi connectivity index (χ0v) is 19.8. The third kappa shape index (κ3) is 7.66. The van der Waals surface area contributed by atoms with Crippen LogP contribution in [0.1, 0.15) is 18.1 Å². The average molecular weight is 511 g/mol. The number of halogens is 1. The van der Waals surface area contributed by atoms with Gasteiger partial charge in [0.2, 0.25) is 0 Å². The maximum absolute atomic E-state index is 12.4. The van der Waals surface area contributed by atoms with Crippen LogP contribution in [0.5, 0.6) is 17.2 Å². The quantitative estimate of drug-likeness (QED) is 0.164. The SMILES string of the molecule is C=CCNC(=O)/C(C#N)=C\c1ccc(OC(=O)/C=C/c2cc(Br)ccc2OCC)c(OC)c1. The Kier molecular flexibility index (Phi) is 9.93. The molecule has 33 heavy (non-hydrogen) atoms. The van der Waals surface area contributed by atoms with Gasteiger partial charge in [-0.1, -0.05) is 28.1 Å². The van der Waals surface area contributed by atoms with E-state index in [1.165, 1.54) is 31.4 Å². The van der Waals surface area contributed by atoms with Crippen LogP contribution in [-0.2, 0) is 9.59 Å². The molecule has 0 unspecified atom stereocenters. The molecule has 7 nitrogen and oxygen atoms in total. The Morgan fingerprint density at radius 3 is 2.61 bits per heavy atom. The van der Waals surface area contributed by atoms with Gasteiger partial charge >= 0.3 is 5.97 Å². The Morgan fingerprint density at radius 2 is 1.94 bits per heavy atom. The fourth-order valence-electron chi connectivity index (χ4n) is 2.67. The van der Waals surface area contributed by atoms with Crippen molar-refractivity contribution in [2.45, 2.75) is 6.92 Å². The molecule has 170 valence electrons. The van der Waals surface area contributed by atoms with Crippen molar-refractivity contribution in [3.05, 3.63) is 76.3 Å². The molecule has 2 aromatic rings. The van der Waals surface area contributed by atoms with Crippen LogP contribution < -0.4 is 19.5 Å². The molecule has 0 fully saturated rings. The molecule has 8 heteroatoms. The lowest BCUT2D eigenvalue weighted by molar-refractivity contribution is -0.129. The van der Waals surface area contributed by atoms with Gasteiger partial charge < -0.3 is 19.5 Å². The van der Waals surface area contributed by atoms with Crippen molar-refractivity contribution >= 4 is 40.0 Å². The molecule has 0 atom stereocenters. The first-order valence-electron chi connectivity index (χ1n) is 9.93. The summed E-state index contributed by atoms with van der Waals surface area (Å²) < 4.78 is 17.1. The molecule has 0 saturated carbocycles. The highest BCUT2D eigenvalue weighted by atomic mass is 79.9. The van der Waals surface area contributed by atoms with Crippen LogP contribution in [0.25, 0.3) is 12.2 Å². The second kappa shape index (κ2) is 12.9. The molecular formula is C25H23BrN2O5.